The van der Waals surface area contributed by atoms with Gasteiger partial charge in [-0.25, -0.2) is 0 Å². The number of ketones is 1. The van der Waals surface area contributed by atoms with E-state index in [0.29, 0.717) is 12.3 Å². The zero-order valence-corrected chi connectivity index (χ0v) is 16.0. The van der Waals surface area contributed by atoms with Crippen molar-refractivity contribution in [2.24, 2.45) is 34.0 Å². The molecule has 0 aromatic heterocycles. The summed E-state index contributed by atoms with van der Waals surface area (Å²) >= 11 is 0. The molecular weight excluding hydrogens is 300 g/mol. The lowest BCUT2D eigenvalue weighted by Gasteiger charge is -2.61. The van der Waals surface area contributed by atoms with Gasteiger partial charge in [-0.05, 0) is 56.3 Å². The van der Waals surface area contributed by atoms with Crippen LogP contribution in [0.1, 0.15) is 59.8 Å². The lowest BCUT2D eigenvalue weighted by Crippen LogP contribution is -2.62. The summed E-state index contributed by atoms with van der Waals surface area (Å²) in [6.45, 7) is 12.6. The van der Waals surface area contributed by atoms with E-state index in [9.17, 15) is 9.90 Å². The largest absolute Gasteiger partial charge is 0.392 e. The Morgan fingerprint density at radius 2 is 1.88 bits per heavy atom. The molecule has 0 amide bonds. The molecule has 0 aromatic rings. The number of hydrogen-bond acceptors (Lipinski definition) is 3. The maximum Gasteiger partial charge on any atom is 0.145 e. The molecule has 2 unspecified atom stereocenters. The third kappa shape index (κ3) is 2.07. The number of carbonyl (C=O) groups is 1. The van der Waals surface area contributed by atoms with Crippen molar-refractivity contribution in [2.75, 3.05) is 7.11 Å². The number of methoxy groups -OCH3 is 1. The zero-order chi connectivity index (χ0) is 17.9. The summed E-state index contributed by atoms with van der Waals surface area (Å²) in [5.74, 6) is 0.929. The number of aliphatic hydroxyl groups is 1. The molecule has 0 heterocycles. The van der Waals surface area contributed by atoms with Crippen molar-refractivity contribution in [3.63, 3.8) is 0 Å². The van der Waals surface area contributed by atoms with Gasteiger partial charge in [0.25, 0.3) is 0 Å². The maximum atomic E-state index is 13.4. The van der Waals surface area contributed by atoms with E-state index in [1.165, 1.54) is 0 Å². The third-order valence-electron chi connectivity index (χ3n) is 8.57. The van der Waals surface area contributed by atoms with Crippen LogP contribution < -0.4 is 0 Å². The topological polar surface area (TPSA) is 46.5 Å². The summed E-state index contributed by atoms with van der Waals surface area (Å²) in [7, 11) is 1.79. The van der Waals surface area contributed by atoms with Gasteiger partial charge < -0.3 is 9.84 Å². The summed E-state index contributed by atoms with van der Waals surface area (Å²) in [6.07, 6.45) is 6.08. The normalized spacial score (nSPS) is 54.8. The zero-order valence-electron chi connectivity index (χ0n) is 16.0. The summed E-state index contributed by atoms with van der Waals surface area (Å²) < 4.78 is 5.89. The van der Waals surface area contributed by atoms with E-state index >= 15 is 0 Å². The Balaban J connectivity index is 2.21. The first kappa shape index (κ1) is 18.1. The molecule has 136 valence electrons. The van der Waals surface area contributed by atoms with Crippen molar-refractivity contribution in [1.29, 1.82) is 0 Å². The maximum absolute atomic E-state index is 13.4. The minimum atomic E-state index is -0.639. The summed E-state index contributed by atoms with van der Waals surface area (Å²) in [5.41, 5.74) is -0.889. The number of Topliss-reactive ketones (excluding diaryl/α,β-unsaturated/α-hetero) is 1. The van der Waals surface area contributed by atoms with Gasteiger partial charge in [-0.3, -0.25) is 4.79 Å². The highest BCUT2D eigenvalue weighted by Crippen LogP contribution is 2.68. The van der Waals surface area contributed by atoms with Crippen molar-refractivity contribution >= 4 is 5.78 Å². The second kappa shape index (κ2) is 5.67. The lowest BCUT2D eigenvalue weighted by molar-refractivity contribution is -0.188. The van der Waals surface area contributed by atoms with Crippen LogP contribution in [0.2, 0.25) is 0 Å². The average molecular weight is 334 g/mol. The van der Waals surface area contributed by atoms with Gasteiger partial charge in [0.1, 0.15) is 5.78 Å². The molecule has 0 aromatic carbocycles. The van der Waals surface area contributed by atoms with Gasteiger partial charge in [0.15, 0.2) is 0 Å². The van der Waals surface area contributed by atoms with Crippen LogP contribution >= 0.6 is 0 Å². The molecule has 3 fully saturated rings. The van der Waals surface area contributed by atoms with Crippen LogP contribution in [0.4, 0.5) is 0 Å². The molecule has 0 spiro atoms. The smallest absolute Gasteiger partial charge is 0.145 e. The van der Waals surface area contributed by atoms with Crippen LogP contribution in [0.5, 0.6) is 0 Å². The van der Waals surface area contributed by atoms with E-state index in [2.05, 4.69) is 27.4 Å². The Kier molecular flexibility index (Phi) is 4.28. The van der Waals surface area contributed by atoms with Gasteiger partial charge in [0, 0.05) is 23.9 Å². The van der Waals surface area contributed by atoms with Crippen molar-refractivity contribution < 1.29 is 14.6 Å². The van der Waals surface area contributed by atoms with Gasteiger partial charge in [-0.2, -0.15) is 0 Å². The first-order chi connectivity index (χ1) is 11.2. The predicted octanol–water partition coefficient (Wildman–Crippen LogP) is 4.00. The predicted molar refractivity (Wildman–Crippen MR) is 95.6 cm³/mol. The number of carbonyl (C=O) groups excluding carboxylic acids is 1. The SMILES string of the molecule is C=C[C@]1(C)C[C@@H](O)[C@]2(C)C(C)CC[C@]3(CC[C@@H](OC)C32)[C@@H](C)C1=O. The number of allylic oxidation sites excluding steroid dienone is 1. The quantitative estimate of drug-likeness (QED) is 0.777. The molecule has 3 saturated carbocycles. The van der Waals surface area contributed by atoms with Crippen molar-refractivity contribution in [3.05, 3.63) is 12.7 Å². The Labute approximate surface area is 146 Å². The Morgan fingerprint density at radius 3 is 2.46 bits per heavy atom. The Morgan fingerprint density at radius 1 is 1.25 bits per heavy atom. The molecule has 3 nitrogen and oxygen atoms in total. The van der Waals surface area contributed by atoms with Gasteiger partial charge in [0.05, 0.1) is 12.2 Å². The van der Waals surface area contributed by atoms with Crippen LogP contribution in [0.3, 0.4) is 0 Å². The summed E-state index contributed by atoms with van der Waals surface area (Å²) in [5, 5.41) is 11.3. The van der Waals surface area contributed by atoms with E-state index in [-0.39, 0.29) is 34.6 Å². The summed E-state index contributed by atoms with van der Waals surface area (Å²) in [4.78, 5) is 13.4. The van der Waals surface area contributed by atoms with Crippen LogP contribution in [0.15, 0.2) is 12.7 Å². The second-order valence-corrected chi connectivity index (χ2v) is 9.26. The molecule has 1 N–H and O–H groups in total. The number of ether oxygens (including phenoxy) is 1. The first-order valence-electron chi connectivity index (χ1n) is 9.56. The first-order valence-corrected chi connectivity index (χ1v) is 9.56. The van der Waals surface area contributed by atoms with Crippen LogP contribution in [-0.4, -0.2) is 30.2 Å². The monoisotopic (exact) mass is 334 g/mol. The number of aliphatic hydroxyl groups excluding tert-OH is 1. The Hall–Kier alpha value is -0.670. The fraction of sp³-hybridized carbons (Fsp3) is 0.857. The highest BCUT2D eigenvalue weighted by molar-refractivity contribution is 5.89. The van der Waals surface area contributed by atoms with E-state index in [0.717, 1.165) is 25.7 Å². The fourth-order valence-electron chi connectivity index (χ4n) is 6.66. The standard InChI is InChI=1S/C21H34O3/c1-7-19(4)12-16(22)20(5)13(2)8-10-21(14(3)18(19)23)11-9-15(24-6)17(20)21/h7,13-17,22H,1,8-12H2,2-6H3/t13?,14-,15+,16+,17?,19+,20-,21-/m0/s1. The van der Waals surface area contributed by atoms with Crippen LogP contribution in [0, 0.1) is 34.0 Å². The average Bonchev–Trinajstić information content (AvgIpc) is 2.96. The highest BCUT2D eigenvalue weighted by atomic mass is 16.5. The summed E-state index contributed by atoms with van der Waals surface area (Å²) in [6, 6.07) is 0. The van der Waals surface area contributed by atoms with E-state index in [4.69, 9.17) is 4.74 Å². The molecule has 2 bridgehead atoms. The Bertz CT molecular complexity index is 543. The van der Waals surface area contributed by atoms with Gasteiger partial charge in [-0.1, -0.05) is 26.8 Å². The fourth-order valence-corrected chi connectivity index (χ4v) is 6.66. The number of rotatable bonds is 2. The molecule has 3 heteroatoms. The molecular formula is C21H34O3. The lowest BCUT2D eigenvalue weighted by atomic mass is 9.44. The van der Waals surface area contributed by atoms with E-state index in [1.807, 2.05) is 6.92 Å². The van der Waals surface area contributed by atoms with Gasteiger partial charge in [-0.15, -0.1) is 6.58 Å². The van der Waals surface area contributed by atoms with Gasteiger partial charge >= 0.3 is 0 Å². The highest BCUT2D eigenvalue weighted by Gasteiger charge is 2.67. The van der Waals surface area contributed by atoms with Gasteiger partial charge in [0.2, 0.25) is 0 Å². The molecule has 0 radical (unpaired) electrons. The number of hydrogen-bond donors (Lipinski definition) is 1. The molecule has 0 saturated heterocycles. The molecule has 24 heavy (non-hydrogen) atoms. The third-order valence-corrected chi connectivity index (χ3v) is 8.57. The molecule has 0 aliphatic heterocycles. The van der Waals surface area contributed by atoms with E-state index in [1.54, 1.807) is 13.2 Å². The van der Waals surface area contributed by atoms with Crippen molar-refractivity contribution in [1.82, 2.24) is 0 Å². The molecule has 3 aliphatic carbocycles. The molecule has 8 atom stereocenters. The second-order valence-electron chi connectivity index (χ2n) is 9.26. The van der Waals surface area contributed by atoms with E-state index < -0.39 is 11.5 Å². The van der Waals surface area contributed by atoms with Crippen LogP contribution in [-0.2, 0) is 9.53 Å². The molecule has 3 aliphatic rings. The van der Waals surface area contributed by atoms with Crippen molar-refractivity contribution in [2.45, 2.75) is 72.0 Å². The van der Waals surface area contributed by atoms with Crippen LogP contribution in [0.25, 0.3) is 0 Å². The minimum absolute atomic E-state index is 0.00928. The minimum Gasteiger partial charge on any atom is -0.392 e. The van der Waals surface area contributed by atoms with Crippen molar-refractivity contribution in [3.8, 4) is 0 Å². The molecule has 3 rings (SSSR count).